The van der Waals surface area contributed by atoms with Gasteiger partial charge in [-0.25, -0.2) is 0 Å². The Morgan fingerprint density at radius 1 is 0.815 bits per heavy atom. The molecule has 0 saturated carbocycles. The molecule has 0 aromatic heterocycles. The Morgan fingerprint density at radius 2 is 1.30 bits per heavy atom. The van der Waals surface area contributed by atoms with Crippen molar-refractivity contribution in [1.29, 1.82) is 0 Å². The second kappa shape index (κ2) is 12.5. The number of benzene rings is 1. The zero-order valence-corrected chi connectivity index (χ0v) is 17.9. The van der Waals surface area contributed by atoms with Gasteiger partial charge in [0, 0.05) is 11.8 Å². The number of rotatable bonds is 12. The van der Waals surface area contributed by atoms with Crippen LogP contribution in [0.5, 0.6) is 0 Å². The fourth-order valence-electron chi connectivity index (χ4n) is 3.28. The highest BCUT2D eigenvalue weighted by molar-refractivity contribution is 6.01. The Bertz CT molecular complexity index is 598. The van der Waals surface area contributed by atoms with Gasteiger partial charge in [-0.05, 0) is 50.3 Å². The topological polar surface area (TPSA) is 58.2 Å². The molecular weight excluding hydrogens is 336 g/mol. The molecule has 0 saturated heterocycles. The van der Waals surface area contributed by atoms with Crippen molar-refractivity contribution in [3.8, 4) is 0 Å². The van der Waals surface area contributed by atoms with Gasteiger partial charge in [-0.1, -0.05) is 59.4 Å². The Kier molecular flexibility index (Phi) is 10.8. The van der Waals surface area contributed by atoms with Crippen molar-refractivity contribution in [1.82, 2.24) is 0 Å². The number of unbranched alkanes of at least 4 members (excludes halogenated alkanes) is 2. The Labute approximate surface area is 165 Å². The fourth-order valence-corrected chi connectivity index (χ4v) is 3.28. The third kappa shape index (κ3) is 7.74. The maximum Gasteiger partial charge on any atom is 0.227 e. The van der Waals surface area contributed by atoms with Crippen molar-refractivity contribution < 1.29 is 9.59 Å². The van der Waals surface area contributed by atoms with Gasteiger partial charge in [0.2, 0.25) is 11.8 Å². The number of hydrogen-bond donors (Lipinski definition) is 2. The number of carbonyl (C=O) groups excluding carboxylic acids is 2. The van der Waals surface area contributed by atoms with Gasteiger partial charge in [0.25, 0.3) is 0 Å². The van der Waals surface area contributed by atoms with Crippen molar-refractivity contribution in [2.24, 2.45) is 11.8 Å². The molecule has 0 heterocycles. The highest BCUT2D eigenvalue weighted by atomic mass is 16.2. The molecule has 0 aliphatic heterocycles. The van der Waals surface area contributed by atoms with Crippen molar-refractivity contribution in [3.63, 3.8) is 0 Å². The molecule has 2 N–H and O–H groups in total. The minimum absolute atomic E-state index is 0.0157. The van der Waals surface area contributed by atoms with E-state index in [-0.39, 0.29) is 23.7 Å². The smallest absolute Gasteiger partial charge is 0.227 e. The van der Waals surface area contributed by atoms with Crippen LogP contribution in [0.1, 0.15) is 84.6 Å². The molecule has 0 bridgehead atoms. The summed E-state index contributed by atoms with van der Waals surface area (Å²) in [7, 11) is 0. The summed E-state index contributed by atoms with van der Waals surface area (Å²) >= 11 is 0. The predicted molar refractivity (Wildman–Crippen MR) is 115 cm³/mol. The van der Waals surface area contributed by atoms with E-state index >= 15 is 0 Å². The van der Waals surface area contributed by atoms with E-state index in [9.17, 15) is 9.59 Å². The maximum absolute atomic E-state index is 12.7. The van der Waals surface area contributed by atoms with E-state index in [0.29, 0.717) is 11.4 Å². The molecular formula is C23H38N2O2. The van der Waals surface area contributed by atoms with Crippen LogP contribution in [0.15, 0.2) is 18.2 Å². The maximum atomic E-state index is 12.7. The van der Waals surface area contributed by atoms with Crippen molar-refractivity contribution in [2.75, 3.05) is 10.6 Å². The molecule has 0 spiro atoms. The zero-order valence-electron chi connectivity index (χ0n) is 17.9. The van der Waals surface area contributed by atoms with Crippen molar-refractivity contribution >= 4 is 23.2 Å². The molecule has 2 amide bonds. The molecule has 0 radical (unpaired) electrons. The summed E-state index contributed by atoms with van der Waals surface area (Å²) in [5.74, 6) is 0.123. The van der Waals surface area contributed by atoms with Crippen LogP contribution in [0, 0.1) is 18.8 Å². The van der Waals surface area contributed by atoms with Crippen LogP contribution >= 0.6 is 0 Å². The number of carbonyl (C=O) groups is 2. The van der Waals surface area contributed by atoms with Crippen molar-refractivity contribution in [3.05, 3.63) is 23.8 Å². The van der Waals surface area contributed by atoms with Gasteiger partial charge in [-0.3, -0.25) is 9.59 Å². The lowest BCUT2D eigenvalue weighted by Gasteiger charge is -2.19. The molecule has 1 aromatic rings. The van der Waals surface area contributed by atoms with E-state index < -0.39 is 0 Å². The monoisotopic (exact) mass is 374 g/mol. The number of nitrogens with one attached hydrogen (secondary N) is 2. The third-order valence-electron chi connectivity index (χ3n) is 5.23. The van der Waals surface area contributed by atoms with Gasteiger partial charge in [-0.15, -0.1) is 0 Å². The minimum Gasteiger partial charge on any atom is -0.324 e. The van der Waals surface area contributed by atoms with Crippen LogP contribution < -0.4 is 10.6 Å². The number of hydrogen-bond acceptors (Lipinski definition) is 2. The minimum atomic E-state index is 0.0157. The summed E-state index contributed by atoms with van der Waals surface area (Å²) in [6.07, 6.45) is 7.75. The van der Waals surface area contributed by atoms with E-state index in [1.54, 1.807) is 0 Å². The van der Waals surface area contributed by atoms with Crippen LogP contribution in [0.2, 0.25) is 0 Å². The highest BCUT2D eigenvalue weighted by Gasteiger charge is 2.20. The average Bonchev–Trinajstić information content (AvgIpc) is 2.65. The van der Waals surface area contributed by atoms with E-state index in [0.717, 1.165) is 56.9 Å². The molecule has 2 atom stereocenters. The predicted octanol–water partition coefficient (Wildman–Crippen LogP) is 6.30. The first-order chi connectivity index (χ1) is 13.0. The summed E-state index contributed by atoms with van der Waals surface area (Å²) in [4.78, 5) is 25.4. The van der Waals surface area contributed by atoms with Crippen LogP contribution in [0.3, 0.4) is 0 Å². The molecule has 0 fully saturated rings. The van der Waals surface area contributed by atoms with Gasteiger partial charge in [0.1, 0.15) is 0 Å². The molecule has 4 heteroatoms. The van der Waals surface area contributed by atoms with Crippen LogP contribution in [0.25, 0.3) is 0 Å². The molecule has 1 rings (SSSR count). The second-order valence-electron chi connectivity index (χ2n) is 7.52. The first-order valence-electron chi connectivity index (χ1n) is 10.7. The van der Waals surface area contributed by atoms with Crippen LogP contribution in [-0.2, 0) is 9.59 Å². The third-order valence-corrected chi connectivity index (χ3v) is 5.23. The SMILES string of the molecule is CCCCC(CC)C(=O)Nc1ccc(C)cc1NC(=O)C(CC)CCCC. The van der Waals surface area contributed by atoms with Gasteiger partial charge in [-0.2, -0.15) is 0 Å². The Balaban J connectivity index is 2.90. The Hall–Kier alpha value is -1.84. The zero-order chi connectivity index (χ0) is 20.2. The largest absolute Gasteiger partial charge is 0.324 e. The lowest BCUT2D eigenvalue weighted by molar-refractivity contribution is -0.121. The average molecular weight is 375 g/mol. The summed E-state index contributed by atoms with van der Waals surface area (Å²) in [6.45, 7) is 10.4. The Morgan fingerprint density at radius 3 is 1.74 bits per heavy atom. The lowest BCUT2D eigenvalue weighted by atomic mass is 9.97. The normalized spacial score (nSPS) is 13.1. The summed E-state index contributed by atoms with van der Waals surface area (Å²) in [6, 6.07) is 5.79. The standard InChI is InChI=1S/C23H38N2O2/c1-6-10-12-18(8-3)22(26)24-20-15-14-17(5)16-21(20)25-23(27)19(9-4)13-11-7-2/h14-16,18-19H,6-13H2,1-5H3,(H,24,26)(H,25,27). The summed E-state index contributed by atoms with van der Waals surface area (Å²) in [5.41, 5.74) is 2.45. The van der Waals surface area contributed by atoms with Gasteiger partial charge >= 0.3 is 0 Å². The second-order valence-corrected chi connectivity index (χ2v) is 7.52. The molecule has 2 unspecified atom stereocenters. The van der Waals surface area contributed by atoms with Crippen LogP contribution in [-0.4, -0.2) is 11.8 Å². The van der Waals surface area contributed by atoms with Gasteiger partial charge in [0.15, 0.2) is 0 Å². The lowest BCUT2D eigenvalue weighted by Crippen LogP contribution is -2.25. The molecule has 4 nitrogen and oxygen atoms in total. The number of aryl methyl sites for hydroxylation is 1. The fraction of sp³-hybridized carbons (Fsp3) is 0.652. The van der Waals surface area contributed by atoms with E-state index in [1.807, 2.05) is 25.1 Å². The van der Waals surface area contributed by atoms with E-state index in [1.165, 1.54) is 0 Å². The first-order valence-corrected chi connectivity index (χ1v) is 10.7. The van der Waals surface area contributed by atoms with Gasteiger partial charge < -0.3 is 10.6 Å². The van der Waals surface area contributed by atoms with Gasteiger partial charge in [0.05, 0.1) is 11.4 Å². The molecule has 27 heavy (non-hydrogen) atoms. The summed E-state index contributed by atoms with van der Waals surface area (Å²) < 4.78 is 0. The molecule has 0 aliphatic rings. The van der Waals surface area contributed by atoms with E-state index in [2.05, 4.69) is 38.3 Å². The molecule has 1 aromatic carbocycles. The number of amides is 2. The van der Waals surface area contributed by atoms with Crippen LogP contribution in [0.4, 0.5) is 11.4 Å². The highest BCUT2D eigenvalue weighted by Crippen LogP contribution is 2.26. The molecule has 0 aliphatic carbocycles. The molecule has 152 valence electrons. The summed E-state index contributed by atoms with van der Waals surface area (Å²) in [5, 5.41) is 6.11. The quantitative estimate of drug-likeness (QED) is 0.451. The first kappa shape index (κ1) is 23.2. The van der Waals surface area contributed by atoms with E-state index in [4.69, 9.17) is 0 Å². The van der Waals surface area contributed by atoms with Crippen molar-refractivity contribution in [2.45, 2.75) is 86.0 Å². The number of anilines is 2.